The second kappa shape index (κ2) is 8.40. The molecule has 0 aliphatic carbocycles. The molecule has 0 bridgehead atoms. The normalized spacial score (nSPS) is 10.5. The number of methoxy groups -OCH3 is 1. The van der Waals surface area contributed by atoms with Crippen LogP contribution in [0, 0.1) is 0 Å². The third-order valence-electron chi connectivity index (χ3n) is 4.33. The summed E-state index contributed by atoms with van der Waals surface area (Å²) in [6.45, 7) is 0.948. The van der Waals surface area contributed by atoms with Gasteiger partial charge in [0.05, 0.1) is 19.3 Å². The number of carbonyl (C=O) groups is 1. The second-order valence-corrected chi connectivity index (χ2v) is 6.27. The third-order valence-corrected chi connectivity index (χ3v) is 4.33. The number of carbonyl (C=O) groups excluding carboxylic acids is 1. The van der Waals surface area contributed by atoms with Gasteiger partial charge in [0, 0.05) is 25.9 Å². The van der Waals surface area contributed by atoms with Crippen LogP contribution in [0.15, 0.2) is 60.8 Å². The maximum absolute atomic E-state index is 12.6. The largest absolute Gasteiger partial charge is 0.497 e. The third kappa shape index (κ3) is 4.67. The summed E-state index contributed by atoms with van der Waals surface area (Å²) in [5, 5.41) is 4.13. The van der Waals surface area contributed by atoms with Crippen molar-refractivity contribution in [1.82, 2.24) is 14.7 Å². The summed E-state index contributed by atoms with van der Waals surface area (Å²) >= 11 is 0. The maximum atomic E-state index is 12.6. The fourth-order valence-electron chi connectivity index (χ4n) is 2.67. The second-order valence-electron chi connectivity index (χ2n) is 6.27. The first-order valence-electron chi connectivity index (χ1n) is 8.65. The van der Waals surface area contributed by atoms with Crippen LogP contribution < -0.4 is 9.47 Å². The molecule has 140 valence electrons. The molecule has 6 heteroatoms. The Morgan fingerprint density at radius 2 is 1.70 bits per heavy atom. The molecule has 0 aliphatic heterocycles. The zero-order valence-electron chi connectivity index (χ0n) is 15.8. The zero-order chi connectivity index (χ0) is 19.2. The van der Waals surface area contributed by atoms with Gasteiger partial charge in [0.15, 0.2) is 0 Å². The van der Waals surface area contributed by atoms with E-state index in [9.17, 15) is 4.79 Å². The standard InChI is InChI=1S/C21H23N3O3/c1-23(14-18-12-13-22-24(18)2)21(25)17-6-4-16(5-7-17)15-27-20-10-8-19(26-3)9-11-20/h4-13H,14-15H2,1-3H3. The first-order valence-corrected chi connectivity index (χ1v) is 8.65. The zero-order valence-corrected chi connectivity index (χ0v) is 15.8. The number of nitrogens with zero attached hydrogens (tertiary/aromatic N) is 3. The highest BCUT2D eigenvalue weighted by molar-refractivity contribution is 5.94. The summed E-state index contributed by atoms with van der Waals surface area (Å²) in [6, 6.07) is 16.8. The molecule has 0 aliphatic rings. The van der Waals surface area contributed by atoms with Crippen LogP contribution in [0.5, 0.6) is 11.5 Å². The molecule has 1 amide bonds. The highest BCUT2D eigenvalue weighted by Crippen LogP contribution is 2.18. The monoisotopic (exact) mass is 365 g/mol. The summed E-state index contributed by atoms with van der Waals surface area (Å²) in [6.07, 6.45) is 1.73. The Balaban J connectivity index is 1.57. The van der Waals surface area contributed by atoms with Crippen molar-refractivity contribution in [2.75, 3.05) is 14.2 Å². The molecule has 0 spiro atoms. The van der Waals surface area contributed by atoms with Crippen LogP contribution in [0.4, 0.5) is 0 Å². The maximum Gasteiger partial charge on any atom is 0.253 e. The van der Waals surface area contributed by atoms with Crippen LogP contribution in [0.1, 0.15) is 21.6 Å². The van der Waals surface area contributed by atoms with Crippen LogP contribution in [0.2, 0.25) is 0 Å². The van der Waals surface area contributed by atoms with E-state index >= 15 is 0 Å². The first-order chi connectivity index (χ1) is 13.1. The van der Waals surface area contributed by atoms with Crippen molar-refractivity contribution >= 4 is 5.91 Å². The number of ether oxygens (including phenoxy) is 2. The van der Waals surface area contributed by atoms with E-state index in [0.717, 1.165) is 22.8 Å². The van der Waals surface area contributed by atoms with Crippen molar-refractivity contribution in [3.05, 3.63) is 77.6 Å². The molecule has 2 aromatic carbocycles. The van der Waals surface area contributed by atoms with Gasteiger partial charge in [0.2, 0.25) is 0 Å². The molecule has 3 rings (SSSR count). The van der Waals surface area contributed by atoms with Gasteiger partial charge in [-0.25, -0.2) is 0 Å². The Bertz CT molecular complexity index is 886. The lowest BCUT2D eigenvalue weighted by Crippen LogP contribution is -2.27. The molecule has 1 heterocycles. The van der Waals surface area contributed by atoms with Crippen molar-refractivity contribution in [1.29, 1.82) is 0 Å². The van der Waals surface area contributed by atoms with E-state index < -0.39 is 0 Å². The minimum atomic E-state index is -0.0289. The highest BCUT2D eigenvalue weighted by atomic mass is 16.5. The quantitative estimate of drug-likeness (QED) is 0.645. The van der Waals surface area contributed by atoms with Crippen LogP contribution in [0.3, 0.4) is 0 Å². The summed E-state index contributed by atoms with van der Waals surface area (Å²) in [4.78, 5) is 14.3. The molecule has 0 saturated carbocycles. The number of hydrogen-bond acceptors (Lipinski definition) is 4. The summed E-state index contributed by atoms with van der Waals surface area (Å²) < 4.78 is 12.7. The highest BCUT2D eigenvalue weighted by Gasteiger charge is 2.13. The topological polar surface area (TPSA) is 56.6 Å². The number of aryl methyl sites for hydroxylation is 1. The van der Waals surface area contributed by atoms with Gasteiger partial charge in [0.25, 0.3) is 5.91 Å². The van der Waals surface area contributed by atoms with Crippen molar-refractivity contribution in [3.8, 4) is 11.5 Å². The Morgan fingerprint density at radius 1 is 1.04 bits per heavy atom. The lowest BCUT2D eigenvalue weighted by molar-refractivity contribution is 0.0782. The fraction of sp³-hybridized carbons (Fsp3) is 0.238. The van der Waals surface area contributed by atoms with Gasteiger partial charge in [-0.2, -0.15) is 5.10 Å². The molecule has 1 aromatic heterocycles. The van der Waals surface area contributed by atoms with Crippen LogP contribution in [0.25, 0.3) is 0 Å². The van der Waals surface area contributed by atoms with E-state index in [4.69, 9.17) is 9.47 Å². The number of benzene rings is 2. The van der Waals surface area contributed by atoms with Crippen LogP contribution in [-0.2, 0) is 20.2 Å². The van der Waals surface area contributed by atoms with Gasteiger partial charge in [-0.05, 0) is 48.0 Å². The minimum Gasteiger partial charge on any atom is -0.497 e. The average Bonchev–Trinajstić information content (AvgIpc) is 3.11. The number of hydrogen-bond donors (Lipinski definition) is 0. The van der Waals surface area contributed by atoms with E-state index in [0.29, 0.717) is 18.7 Å². The van der Waals surface area contributed by atoms with E-state index in [-0.39, 0.29) is 5.91 Å². The van der Waals surface area contributed by atoms with Gasteiger partial charge >= 0.3 is 0 Å². The Labute approximate surface area is 158 Å². The molecular weight excluding hydrogens is 342 g/mol. The van der Waals surface area contributed by atoms with Gasteiger partial charge in [-0.3, -0.25) is 9.48 Å². The fourth-order valence-corrected chi connectivity index (χ4v) is 2.67. The Kier molecular flexibility index (Phi) is 5.76. The van der Waals surface area contributed by atoms with E-state index in [1.165, 1.54) is 0 Å². The summed E-state index contributed by atoms with van der Waals surface area (Å²) in [5.41, 5.74) is 2.62. The lowest BCUT2D eigenvalue weighted by Gasteiger charge is -2.17. The molecular formula is C21H23N3O3. The van der Waals surface area contributed by atoms with Crippen molar-refractivity contribution in [2.24, 2.45) is 7.05 Å². The van der Waals surface area contributed by atoms with E-state index in [1.807, 2.05) is 61.6 Å². The van der Waals surface area contributed by atoms with Crippen molar-refractivity contribution in [3.63, 3.8) is 0 Å². The van der Waals surface area contributed by atoms with Crippen molar-refractivity contribution in [2.45, 2.75) is 13.2 Å². The molecule has 0 N–H and O–H groups in total. The van der Waals surface area contributed by atoms with Gasteiger partial charge in [0.1, 0.15) is 18.1 Å². The summed E-state index contributed by atoms with van der Waals surface area (Å²) in [7, 11) is 5.29. The first kappa shape index (κ1) is 18.5. The minimum absolute atomic E-state index is 0.0289. The average molecular weight is 365 g/mol. The molecule has 3 aromatic rings. The molecule has 6 nitrogen and oxygen atoms in total. The van der Waals surface area contributed by atoms with Crippen LogP contribution in [-0.4, -0.2) is 34.7 Å². The molecule has 0 saturated heterocycles. The number of amides is 1. The SMILES string of the molecule is COc1ccc(OCc2ccc(C(=O)N(C)Cc3ccnn3C)cc2)cc1. The van der Waals surface area contributed by atoms with E-state index in [2.05, 4.69) is 5.10 Å². The van der Waals surface area contributed by atoms with Crippen LogP contribution >= 0.6 is 0 Å². The predicted molar refractivity (Wildman–Crippen MR) is 103 cm³/mol. The van der Waals surface area contributed by atoms with E-state index in [1.54, 1.807) is 29.9 Å². The van der Waals surface area contributed by atoms with Crippen molar-refractivity contribution < 1.29 is 14.3 Å². The predicted octanol–water partition coefficient (Wildman–Crippen LogP) is 3.28. The Morgan fingerprint density at radius 3 is 2.30 bits per heavy atom. The molecule has 0 fully saturated rings. The summed E-state index contributed by atoms with van der Waals surface area (Å²) in [5.74, 6) is 1.53. The lowest BCUT2D eigenvalue weighted by atomic mass is 10.1. The molecule has 27 heavy (non-hydrogen) atoms. The molecule has 0 atom stereocenters. The molecule has 0 radical (unpaired) electrons. The van der Waals surface area contributed by atoms with Gasteiger partial charge in [-0.1, -0.05) is 12.1 Å². The smallest absolute Gasteiger partial charge is 0.253 e. The molecule has 0 unspecified atom stereocenters. The van der Waals surface area contributed by atoms with Gasteiger partial charge in [-0.15, -0.1) is 0 Å². The Hall–Kier alpha value is -3.28. The number of aromatic nitrogens is 2. The van der Waals surface area contributed by atoms with Gasteiger partial charge < -0.3 is 14.4 Å². The number of rotatable bonds is 7.